The highest BCUT2D eigenvalue weighted by atomic mass is 79.9. The van der Waals surface area contributed by atoms with E-state index in [0.29, 0.717) is 12.2 Å². The Bertz CT molecular complexity index is 572. The summed E-state index contributed by atoms with van der Waals surface area (Å²) >= 11 is 3.30. The molecule has 0 unspecified atom stereocenters. The predicted molar refractivity (Wildman–Crippen MR) is 88.9 cm³/mol. The number of benzene rings is 1. The van der Waals surface area contributed by atoms with Crippen LogP contribution in [0.2, 0.25) is 0 Å². The van der Waals surface area contributed by atoms with Gasteiger partial charge in [0, 0.05) is 18.1 Å². The number of halogens is 1. The molecule has 7 heteroatoms. The Labute approximate surface area is 135 Å². The van der Waals surface area contributed by atoms with Crippen LogP contribution in [-0.4, -0.2) is 45.6 Å². The first-order valence-corrected chi connectivity index (χ1v) is 9.37. The van der Waals surface area contributed by atoms with E-state index in [9.17, 15) is 13.2 Å². The monoisotopic (exact) mass is 376 g/mol. The molecule has 1 amide bonds. The number of unbranched alkanes of at least 4 members (excludes halogenated alkanes) is 1. The summed E-state index contributed by atoms with van der Waals surface area (Å²) in [6, 6.07) is 6.84. The first-order chi connectivity index (χ1) is 9.75. The molecule has 1 aromatic rings. The summed E-state index contributed by atoms with van der Waals surface area (Å²) in [5.74, 6) is -0.211. The summed E-state index contributed by atoms with van der Waals surface area (Å²) in [4.78, 5) is 13.7. The molecule has 118 valence electrons. The lowest BCUT2D eigenvalue weighted by molar-refractivity contribution is -0.128. The van der Waals surface area contributed by atoms with E-state index in [-0.39, 0.29) is 12.5 Å². The van der Waals surface area contributed by atoms with E-state index < -0.39 is 10.0 Å². The lowest BCUT2D eigenvalue weighted by atomic mass is 10.3. The van der Waals surface area contributed by atoms with Crippen molar-refractivity contribution in [2.24, 2.45) is 0 Å². The Balaban J connectivity index is 2.90. The Hall–Kier alpha value is -1.08. The van der Waals surface area contributed by atoms with Gasteiger partial charge in [-0.15, -0.1) is 0 Å². The van der Waals surface area contributed by atoms with Gasteiger partial charge in [-0.25, -0.2) is 8.42 Å². The Kier molecular flexibility index (Phi) is 6.67. The maximum atomic E-state index is 12.2. The summed E-state index contributed by atoms with van der Waals surface area (Å²) in [7, 11) is -1.81. The number of hydrogen-bond donors (Lipinski definition) is 0. The fraction of sp³-hybridized carbons (Fsp3) is 0.500. The molecule has 0 heterocycles. The Morgan fingerprint density at radius 3 is 2.29 bits per heavy atom. The van der Waals surface area contributed by atoms with Gasteiger partial charge in [0.25, 0.3) is 0 Å². The third kappa shape index (κ3) is 5.67. The summed E-state index contributed by atoms with van der Waals surface area (Å²) in [5.41, 5.74) is 0.484. The Morgan fingerprint density at radius 1 is 1.24 bits per heavy atom. The average molecular weight is 377 g/mol. The highest BCUT2D eigenvalue weighted by Crippen LogP contribution is 2.20. The topological polar surface area (TPSA) is 57.7 Å². The third-order valence-electron chi connectivity index (χ3n) is 3.07. The molecule has 0 saturated heterocycles. The van der Waals surface area contributed by atoms with E-state index >= 15 is 0 Å². The van der Waals surface area contributed by atoms with Crippen LogP contribution in [0.25, 0.3) is 0 Å². The van der Waals surface area contributed by atoms with Crippen LogP contribution in [0, 0.1) is 0 Å². The second kappa shape index (κ2) is 7.79. The van der Waals surface area contributed by atoms with E-state index in [1.165, 1.54) is 0 Å². The largest absolute Gasteiger partial charge is 0.344 e. The zero-order valence-corrected chi connectivity index (χ0v) is 14.9. The molecule has 0 saturated carbocycles. The molecule has 0 N–H and O–H groups in total. The molecule has 0 aliphatic heterocycles. The number of anilines is 1. The fourth-order valence-electron chi connectivity index (χ4n) is 1.77. The van der Waals surface area contributed by atoms with Gasteiger partial charge in [-0.3, -0.25) is 9.10 Å². The van der Waals surface area contributed by atoms with Gasteiger partial charge in [0.1, 0.15) is 6.54 Å². The molecule has 1 aromatic carbocycles. The normalized spacial score (nSPS) is 11.2. The standard InChI is InChI=1S/C14H21BrN2O3S/c1-4-5-10-16(2)14(18)11-17(21(3,19)20)13-8-6-12(15)7-9-13/h6-9H,4-5,10-11H2,1-3H3. The number of nitrogens with zero attached hydrogens (tertiary/aromatic N) is 2. The van der Waals surface area contributed by atoms with Crippen molar-refractivity contribution < 1.29 is 13.2 Å². The summed E-state index contributed by atoms with van der Waals surface area (Å²) in [6.45, 7) is 2.50. The van der Waals surface area contributed by atoms with Crippen molar-refractivity contribution in [3.8, 4) is 0 Å². The van der Waals surface area contributed by atoms with Gasteiger partial charge in [0.2, 0.25) is 15.9 Å². The molecule has 0 aromatic heterocycles. The number of likely N-dealkylation sites (N-methyl/N-ethyl adjacent to an activating group) is 1. The van der Waals surface area contributed by atoms with E-state index in [0.717, 1.165) is 27.9 Å². The molecule has 0 spiro atoms. The summed E-state index contributed by atoms with van der Waals surface area (Å²) in [5, 5.41) is 0. The van der Waals surface area contributed by atoms with Crippen LogP contribution in [0.5, 0.6) is 0 Å². The lowest BCUT2D eigenvalue weighted by Crippen LogP contribution is -2.41. The van der Waals surface area contributed by atoms with Crippen molar-refractivity contribution in [1.29, 1.82) is 0 Å². The number of rotatable bonds is 7. The van der Waals surface area contributed by atoms with Crippen molar-refractivity contribution in [2.45, 2.75) is 19.8 Å². The van der Waals surface area contributed by atoms with Crippen molar-refractivity contribution in [3.05, 3.63) is 28.7 Å². The minimum Gasteiger partial charge on any atom is -0.344 e. The van der Waals surface area contributed by atoms with Gasteiger partial charge < -0.3 is 4.90 Å². The molecular formula is C14H21BrN2O3S. The predicted octanol–water partition coefficient (Wildman–Crippen LogP) is 2.47. The van der Waals surface area contributed by atoms with E-state index in [2.05, 4.69) is 15.9 Å². The SMILES string of the molecule is CCCCN(C)C(=O)CN(c1ccc(Br)cc1)S(C)(=O)=O. The first kappa shape index (κ1) is 18.0. The van der Waals surface area contributed by atoms with Crippen LogP contribution in [-0.2, 0) is 14.8 Å². The van der Waals surface area contributed by atoms with Crippen LogP contribution in [0.15, 0.2) is 28.7 Å². The molecular weight excluding hydrogens is 356 g/mol. The first-order valence-electron chi connectivity index (χ1n) is 6.73. The van der Waals surface area contributed by atoms with Crippen molar-refractivity contribution >= 4 is 37.5 Å². The number of carbonyl (C=O) groups is 1. The highest BCUT2D eigenvalue weighted by molar-refractivity contribution is 9.10. The number of sulfonamides is 1. The van der Waals surface area contributed by atoms with Crippen molar-refractivity contribution in [2.75, 3.05) is 30.7 Å². The fourth-order valence-corrected chi connectivity index (χ4v) is 2.88. The minimum absolute atomic E-state index is 0.180. The van der Waals surface area contributed by atoms with Crippen LogP contribution >= 0.6 is 15.9 Å². The second-order valence-corrected chi connectivity index (χ2v) is 7.74. The van der Waals surface area contributed by atoms with Gasteiger partial charge in [-0.05, 0) is 30.7 Å². The second-order valence-electron chi connectivity index (χ2n) is 4.91. The van der Waals surface area contributed by atoms with Gasteiger partial charge >= 0.3 is 0 Å². The molecule has 0 radical (unpaired) electrons. The van der Waals surface area contributed by atoms with Gasteiger partial charge in [-0.2, -0.15) is 0 Å². The van der Waals surface area contributed by atoms with Crippen LogP contribution in [0.3, 0.4) is 0 Å². The molecule has 0 atom stereocenters. The molecule has 0 aliphatic carbocycles. The van der Waals surface area contributed by atoms with Gasteiger partial charge in [0.05, 0.1) is 11.9 Å². The van der Waals surface area contributed by atoms with Crippen molar-refractivity contribution in [3.63, 3.8) is 0 Å². The zero-order chi connectivity index (χ0) is 16.0. The maximum absolute atomic E-state index is 12.2. The molecule has 0 bridgehead atoms. The molecule has 5 nitrogen and oxygen atoms in total. The van der Waals surface area contributed by atoms with Gasteiger partial charge in [-0.1, -0.05) is 29.3 Å². The van der Waals surface area contributed by atoms with Crippen molar-refractivity contribution in [1.82, 2.24) is 4.90 Å². The smallest absolute Gasteiger partial charge is 0.243 e. The zero-order valence-electron chi connectivity index (χ0n) is 12.5. The minimum atomic E-state index is -3.51. The van der Waals surface area contributed by atoms with E-state index in [4.69, 9.17) is 0 Å². The van der Waals surface area contributed by atoms with Crippen LogP contribution < -0.4 is 4.31 Å². The molecule has 0 fully saturated rings. The maximum Gasteiger partial charge on any atom is 0.243 e. The highest BCUT2D eigenvalue weighted by Gasteiger charge is 2.22. The molecule has 1 rings (SSSR count). The lowest BCUT2D eigenvalue weighted by Gasteiger charge is -2.25. The van der Waals surface area contributed by atoms with E-state index in [1.54, 1.807) is 36.2 Å². The summed E-state index contributed by atoms with van der Waals surface area (Å²) in [6.07, 6.45) is 2.99. The average Bonchev–Trinajstić information content (AvgIpc) is 2.41. The van der Waals surface area contributed by atoms with E-state index in [1.807, 2.05) is 6.92 Å². The number of amides is 1. The van der Waals surface area contributed by atoms with Crippen LogP contribution in [0.1, 0.15) is 19.8 Å². The molecule has 0 aliphatic rings. The number of carbonyl (C=O) groups excluding carboxylic acids is 1. The number of hydrogen-bond acceptors (Lipinski definition) is 3. The quantitative estimate of drug-likeness (QED) is 0.734. The van der Waals surface area contributed by atoms with Gasteiger partial charge in [0.15, 0.2) is 0 Å². The molecule has 21 heavy (non-hydrogen) atoms. The Morgan fingerprint density at radius 2 is 1.81 bits per heavy atom. The van der Waals surface area contributed by atoms with Crippen LogP contribution in [0.4, 0.5) is 5.69 Å². The summed E-state index contributed by atoms with van der Waals surface area (Å²) < 4.78 is 25.8. The third-order valence-corrected chi connectivity index (χ3v) is 4.74.